The van der Waals surface area contributed by atoms with E-state index in [0.29, 0.717) is 10.8 Å². The molecule has 0 aliphatic heterocycles. The van der Waals surface area contributed by atoms with Gasteiger partial charge in [-0.3, -0.25) is 9.59 Å². The van der Waals surface area contributed by atoms with E-state index < -0.39 is 5.82 Å². The zero-order valence-electron chi connectivity index (χ0n) is 11.6. The fraction of sp³-hybridized carbons (Fsp3) is 0.375. The van der Waals surface area contributed by atoms with Crippen LogP contribution < -0.4 is 10.9 Å². The first kappa shape index (κ1) is 13.8. The minimum absolute atomic E-state index is 0.165. The van der Waals surface area contributed by atoms with E-state index in [-0.39, 0.29) is 23.2 Å². The number of H-pyrrole nitrogens is 1. The van der Waals surface area contributed by atoms with Crippen LogP contribution in [-0.2, 0) is 0 Å². The maximum atomic E-state index is 13.3. The minimum atomic E-state index is -0.424. The highest BCUT2D eigenvalue weighted by Crippen LogP contribution is 2.18. The number of benzene rings is 1. The van der Waals surface area contributed by atoms with Crippen molar-refractivity contribution in [1.82, 2.24) is 10.3 Å². The Morgan fingerprint density at radius 3 is 2.71 bits per heavy atom. The van der Waals surface area contributed by atoms with Crippen molar-refractivity contribution >= 4 is 16.7 Å². The number of hydrogen-bond acceptors (Lipinski definition) is 2. The van der Waals surface area contributed by atoms with Crippen LogP contribution in [0.25, 0.3) is 10.8 Å². The van der Waals surface area contributed by atoms with E-state index >= 15 is 0 Å². The third kappa shape index (κ3) is 2.96. The summed E-state index contributed by atoms with van der Waals surface area (Å²) in [5, 5.41) is 3.76. The van der Waals surface area contributed by atoms with Crippen molar-refractivity contribution in [3.8, 4) is 0 Å². The number of pyridine rings is 1. The van der Waals surface area contributed by atoms with Gasteiger partial charge in [0.05, 0.1) is 0 Å². The first-order valence-electron chi connectivity index (χ1n) is 7.27. The Morgan fingerprint density at radius 1 is 1.19 bits per heavy atom. The average Bonchev–Trinajstić information content (AvgIpc) is 2.47. The zero-order valence-corrected chi connectivity index (χ0v) is 11.6. The highest BCUT2D eigenvalue weighted by molar-refractivity contribution is 5.96. The predicted octanol–water partition coefficient (Wildman–Crippen LogP) is 2.73. The van der Waals surface area contributed by atoms with Crippen molar-refractivity contribution in [2.24, 2.45) is 0 Å². The van der Waals surface area contributed by atoms with Gasteiger partial charge >= 0.3 is 0 Å². The normalized spacial score (nSPS) is 16.0. The van der Waals surface area contributed by atoms with E-state index in [1.165, 1.54) is 30.7 Å². The summed E-state index contributed by atoms with van der Waals surface area (Å²) in [5.41, 5.74) is -0.190. The average molecular weight is 288 g/mol. The Kier molecular flexibility index (Phi) is 3.73. The molecule has 1 fully saturated rings. The lowest BCUT2D eigenvalue weighted by molar-refractivity contribution is 0.0922. The molecule has 110 valence electrons. The molecule has 0 unspecified atom stereocenters. The highest BCUT2D eigenvalue weighted by Gasteiger charge is 2.17. The predicted molar refractivity (Wildman–Crippen MR) is 78.9 cm³/mol. The number of aromatic nitrogens is 1. The van der Waals surface area contributed by atoms with Gasteiger partial charge in [0.2, 0.25) is 0 Å². The second-order valence-corrected chi connectivity index (χ2v) is 5.55. The molecule has 4 nitrogen and oxygen atoms in total. The molecule has 2 N–H and O–H groups in total. The second kappa shape index (κ2) is 5.68. The molecule has 1 aromatic heterocycles. The van der Waals surface area contributed by atoms with Crippen molar-refractivity contribution < 1.29 is 9.18 Å². The molecule has 1 saturated carbocycles. The van der Waals surface area contributed by atoms with Crippen molar-refractivity contribution in [3.63, 3.8) is 0 Å². The number of nitrogens with one attached hydrogen (secondary N) is 2. The van der Waals surface area contributed by atoms with Crippen LogP contribution in [0.5, 0.6) is 0 Å². The molecule has 1 amide bonds. The lowest BCUT2D eigenvalue weighted by atomic mass is 9.95. The summed E-state index contributed by atoms with van der Waals surface area (Å²) < 4.78 is 13.3. The first-order chi connectivity index (χ1) is 10.1. The topological polar surface area (TPSA) is 62.0 Å². The van der Waals surface area contributed by atoms with Gasteiger partial charge in [-0.2, -0.15) is 0 Å². The molecule has 1 aliphatic carbocycles. The quantitative estimate of drug-likeness (QED) is 0.892. The summed E-state index contributed by atoms with van der Waals surface area (Å²) in [5.74, 6) is -0.725. The molecule has 1 aromatic carbocycles. The van der Waals surface area contributed by atoms with Gasteiger partial charge in [0.15, 0.2) is 0 Å². The SMILES string of the molecule is O=C(NC1CCCCC1)c1cc2cc(F)ccc2c(=O)[nH]1. The van der Waals surface area contributed by atoms with Crippen LogP contribution in [0.3, 0.4) is 0 Å². The van der Waals surface area contributed by atoms with Gasteiger partial charge in [-0.15, -0.1) is 0 Å². The van der Waals surface area contributed by atoms with Gasteiger partial charge in [0.1, 0.15) is 11.5 Å². The minimum Gasteiger partial charge on any atom is -0.348 e. The smallest absolute Gasteiger partial charge is 0.268 e. The fourth-order valence-corrected chi connectivity index (χ4v) is 2.87. The lowest BCUT2D eigenvalue weighted by Crippen LogP contribution is -2.37. The maximum Gasteiger partial charge on any atom is 0.268 e. The third-order valence-electron chi connectivity index (χ3n) is 3.99. The van der Waals surface area contributed by atoms with Crippen LogP contribution >= 0.6 is 0 Å². The fourth-order valence-electron chi connectivity index (χ4n) is 2.87. The van der Waals surface area contributed by atoms with Gasteiger partial charge in [-0.05, 0) is 42.5 Å². The van der Waals surface area contributed by atoms with Gasteiger partial charge < -0.3 is 10.3 Å². The summed E-state index contributed by atoms with van der Waals surface area (Å²) in [6.07, 6.45) is 5.38. The largest absolute Gasteiger partial charge is 0.348 e. The molecule has 0 saturated heterocycles. The van der Waals surface area contributed by atoms with E-state index in [0.717, 1.165) is 25.7 Å². The molecule has 1 heterocycles. The van der Waals surface area contributed by atoms with Crippen molar-refractivity contribution in [2.45, 2.75) is 38.1 Å². The number of rotatable bonds is 2. The molecule has 0 atom stereocenters. The summed E-state index contributed by atoms with van der Waals surface area (Å²) >= 11 is 0. The summed E-state index contributed by atoms with van der Waals surface area (Å²) in [7, 11) is 0. The molecule has 5 heteroatoms. The number of aromatic amines is 1. The van der Waals surface area contributed by atoms with Crippen molar-refractivity contribution in [3.05, 3.63) is 46.1 Å². The number of amides is 1. The molecule has 1 aliphatic rings. The van der Waals surface area contributed by atoms with Crippen LogP contribution in [0.1, 0.15) is 42.6 Å². The van der Waals surface area contributed by atoms with Gasteiger partial charge in [0.25, 0.3) is 11.5 Å². The van der Waals surface area contributed by atoms with E-state index in [4.69, 9.17) is 0 Å². The van der Waals surface area contributed by atoms with Gasteiger partial charge in [-0.1, -0.05) is 19.3 Å². The highest BCUT2D eigenvalue weighted by atomic mass is 19.1. The number of halogens is 1. The molecule has 0 bridgehead atoms. The molecule has 2 aromatic rings. The molecule has 21 heavy (non-hydrogen) atoms. The Hall–Kier alpha value is -2.17. The van der Waals surface area contributed by atoms with Gasteiger partial charge in [-0.25, -0.2) is 4.39 Å². The number of carbonyl (C=O) groups excluding carboxylic acids is 1. The lowest BCUT2D eigenvalue weighted by Gasteiger charge is -2.22. The molecular weight excluding hydrogens is 271 g/mol. The number of fused-ring (bicyclic) bond motifs is 1. The second-order valence-electron chi connectivity index (χ2n) is 5.55. The Balaban J connectivity index is 1.89. The Morgan fingerprint density at radius 2 is 1.95 bits per heavy atom. The van der Waals surface area contributed by atoms with E-state index in [1.807, 2.05) is 0 Å². The first-order valence-corrected chi connectivity index (χ1v) is 7.27. The van der Waals surface area contributed by atoms with Crippen LogP contribution in [0.2, 0.25) is 0 Å². The molecular formula is C16H17FN2O2. The van der Waals surface area contributed by atoms with Crippen molar-refractivity contribution in [2.75, 3.05) is 0 Å². The Labute approximate surface area is 121 Å². The number of carbonyl (C=O) groups is 1. The molecule has 3 rings (SSSR count). The van der Waals surface area contributed by atoms with E-state index in [1.54, 1.807) is 0 Å². The summed E-state index contributed by atoms with van der Waals surface area (Å²) in [4.78, 5) is 26.7. The summed E-state index contributed by atoms with van der Waals surface area (Å²) in [6, 6.07) is 5.61. The number of hydrogen-bond donors (Lipinski definition) is 2. The van der Waals surface area contributed by atoms with Crippen molar-refractivity contribution in [1.29, 1.82) is 0 Å². The van der Waals surface area contributed by atoms with Crippen LogP contribution in [-0.4, -0.2) is 16.9 Å². The maximum absolute atomic E-state index is 13.3. The van der Waals surface area contributed by atoms with Gasteiger partial charge in [0, 0.05) is 11.4 Å². The standard InChI is InChI=1S/C16H17FN2O2/c17-11-6-7-13-10(8-11)9-14(19-15(13)20)16(21)18-12-4-2-1-3-5-12/h6-9,12H,1-5H2,(H,18,21)(H,19,20). The van der Waals surface area contributed by atoms with E-state index in [9.17, 15) is 14.0 Å². The summed E-state index contributed by atoms with van der Waals surface area (Å²) in [6.45, 7) is 0. The van der Waals surface area contributed by atoms with E-state index in [2.05, 4.69) is 10.3 Å². The van der Waals surface area contributed by atoms with Crippen LogP contribution in [0.15, 0.2) is 29.1 Å². The molecule has 0 radical (unpaired) electrons. The zero-order chi connectivity index (χ0) is 14.8. The van der Waals surface area contributed by atoms with Crippen LogP contribution in [0, 0.1) is 5.82 Å². The molecule has 0 spiro atoms. The third-order valence-corrected chi connectivity index (χ3v) is 3.99. The monoisotopic (exact) mass is 288 g/mol. The Bertz CT molecular complexity index is 733. The van der Waals surface area contributed by atoms with Crippen LogP contribution in [0.4, 0.5) is 4.39 Å².